The minimum atomic E-state index is -0.350. The molecule has 0 N–H and O–H groups in total. The molecule has 1 aromatic heterocycles. The molecule has 28 heavy (non-hydrogen) atoms. The van der Waals surface area contributed by atoms with Crippen LogP contribution in [-0.2, 0) is 16.8 Å². The van der Waals surface area contributed by atoms with Crippen LogP contribution in [0.3, 0.4) is 0 Å². The van der Waals surface area contributed by atoms with Gasteiger partial charge in [-0.1, -0.05) is 26.0 Å². The highest BCUT2D eigenvalue weighted by Crippen LogP contribution is 2.56. The quantitative estimate of drug-likeness (QED) is 0.721. The molecule has 0 unspecified atom stereocenters. The Morgan fingerprint density at radius 1 is 1.29 bits per heavy atom. The maximum absolute atomic E-state index is 13.1. The highest BCUT2D eigenvalue weighted by Gasteiger charge is 2.60. The monoisotopic (exact) mass is 383 g/mol. The predicted octanol–water partition coefficient (Wildman–Crippen LogP) is 4.06. The number of ether oxygens (including phenoxy) is 1. The third-order valence-electron chi connectivity index (χ3n) is 6.35. The van der Waals surface area contributed by atoms with E-state index in [1.165, 1.54) is 5.56 Å². The fourth-order valence-electron chi connectivity index (χ4n) is 4.60. The molecule has 0 radical (unpaired) electrons. The average Bonchev–Trinajstić information content (AvgIpc) is 3.26. The molecule has 1 saturated heterocycles. The Labute approximate surface area is 166 Å². The van der Waals surface area contributed by atoms with Gasteiger partial charge in [0.2, 0.25) is 17.7 Å². The van der Waals surface area contributed by atoms with E-state index < -0.39 is 0 Å². The van der Waals surface area contributed by atoms with Crippen LogP contribution in [0.5, 0.6) is 5.75 Å². The first kappa shape index (κ1) is 19.0. The Kier molecular flexibility index (Phi) is 5.13. The van der Waals surface area contributed by atoms with Gasteiger partial charge in [-0.3, -0.25) is 4.79 Å². The zero-order chi connectivity index (χ0) is 19.7. The fourth-order valence-corrected chi connectivity index (χ4v) is 4.60. The van der Waals surface area contributed by atoms with E-state index in [1.807, 2.05) is 30.9 Å². The fraction of sp³-hybridized carbons (Fsp3) is 0.591. The van der Waals surface area contributed by atoms with Crippen LogP contribution in [0, 0.1) is 5.92 Å². The van der Waals surface area contributed by atoms with Gasteiger partial charge in [-0.05, 0) is 55.7 Å². The van der Waals surface area contributed by atoms with Crippen LogP contribution in [0.1, 0.15) is 69.2 Å². The normalized spacial score (nSPS) is 23.6. The summed E-state index contributed by atoms with van der Waals surface area (Å²) >= 11 is 0. The lowest BCUT2D eigenvalue weighted by Crippen LogP contribution is -2.53. The maximum Gasteiger partial charge on any atom is 0.242 e. The van der Waals surface area contributed by atoms with Gasteiger partial charge in [0, 0.05) is 18.9 Å². The standard InChI is InChI=1S/C22H29N3O3/c1-15(2)20-23-24-21(28-20)22-13-11-17(22)12-14-25(22)19(26)6-4-5-16-7-9-18(27-3)10-8-16/h7-10,15,17H,4-6,11-14H2,1-3H3/t17-,22-/m0/s1. The van der Waals surface area contributed by atoms with Gasteiger partial charge in [0.15, 0.2) is 0 Å². The first-order valence-corrected chi connectivity index (χ1v) is 10.3. The number of fused-ring (bicyclic) bond motifs is 1. The van der Waals surface area contributed by atoms with Crippen molar-refractivity contribution >= 4 is 5.91 Å². The van der Waals surface area contributed by atoms with E-state index in [2.05, 4.69) is 22.3 Å². The number of aryl methyl sites for hydroxylation is 1. The number of likely N-dealkylation sites (tertiary alicyclic amines) is 1. The van der Waals surface area contributed by atoms with Crippen molar-refractivity contribution in [1.82, 2.24) is 15.1 Å². The number of amides is 1. The van der Waals surface area contributed by atoms with E-state index in [0.29, 0.717) is 24.1 Å². The van der Waals surface area contributed by atoms with E-state index in [9.17, 15) is 4.79 Å². The molecular formula is C22H29N3O3. The molecule has 1 aromatic carbocycles. The molecule has 2 fully saturated rings. The number of carbonyl (C=O) groups is 1. The molecule has 2 heterocycles. The van der Waals surface area contributed by atoms with E-state index in [-0.39, 0.29) is 17.4 Å². The molecule has 2 aromatic rings. The summed E-state index contributed by atoms with van der Waals surface area (Å²) in [6.45, 7) is 4.89. The van der Waals surface area contributed by atoms with Gasteiger partial charge in [-0.25, -0.2) is 0 Å². The number of hydrogen-bond acceptors (Lipinski definition) is 5. The van der Waals surface area contributed by atoms with Crippen molar-refractivity contribution in [3.05, 3.63) is 41.6 Å². The van der Waals surface area contributed by atoms with Gasteiger partial charge in [0.1, 0.15) is 11.3 Å². The van der Waals surface area contributed by atoms with Crippen LogP contribution in [0.2, 0.25) is 0 Å². The Hall–Kier alpha value is -2.37. The molecule has 150 valence electrons. The maximum atomic E-state index is 13.1. The number of carbonyl (C=O) groups excluding carboxylic acids is 1. The molecular weight excluding hydrogens is 354 g/mol. The average molecular weight is 383 g/mol. The van der Waals surface area contributed by atoms with Gasteiger partial charge in [-0.15, -0.1) is 10.2 Å². The van der Waals surface area contributed by atoms with Gasteiger partial charge in [0.05, 0.1) is 7.11 Å². The van der Waals surface area contributed by atoms with Gasteiger partial charge in [0.25, 0.3) is 0 Å². The lowest BCUT2D eigenvalue weighted by Gasteiger charge is -2.47. The van der Waals surface area contributed by atoms with Crippen LogP contribution in [0.25, 0.3) is 0 Å². The Morgan fingerprint density at radius 2 is 2.07 bits per heavy atom. The van der Waals surface area contributed by atoms with E-state index in [0.717, 1.165) is 44.4 Å². The molecule has 6 heteroatoms. The molecule has 1 aliphatic heterocycles. The van der Waals surface area contributed by atoms with Crippen molar-refractivity contribution in [3.8, 4) is 5.75 Å². The Balaban J connectivity index is 1.41. The Bertz CT molecular complexity index is 830. The minimum absolute atomic E-state index is 0.200. The highest BCUT2D eigenvalue weighted by atomic mass is 16.5. The summed E-state index contributed by atoms with van der Waals surface area (Å²) in [6, 6.07) is 8.06. The number of aromatic nitrogens is 2. The highest BCUT2D eigenvalue weighted by molar-refractivity contribution is 5.78. The molecule has 1 aliphatic carbocycles. The summed E-state index contributed by atoms with van der Waals surface area (Å²) in [5.74, 6) is 3.03. The van der Waals surface area contributed by atoms with Crippen LogP contribution >= 0.6 is 0 Å². The predicted molar refractivity (Wildman–Crippen MR) is 105 cm³/mol. The summed E-state index contributed by atoms with van der Waals surface area (Å²) in [4.78, 5) is 15.1. The zero-order valence-corrected chi connectivity index (χ0v) is 17.0. The third-order valence-corrected chi connectivity index (χ3v) is 6.35. The third kappa shape index (κ3) is 3.19. The molecule has 4 rings (SSSR count). The second kappa shape index (κ2) is 7.57. The van der Waals surface area contributed by atoms with Crippen molar-refractivity contribution < 1.29 is 13.9 Å². The van der Waals surface area contributed by atoms with Crippen molar-refractivity contribution in [2.24, 2.45) is 5.92 Å². The first-order chi connectivity index (χ1) is 13.5. The van der Waals surface area contributed by atoms with Gasteiger partial charge >= 0.3 is 0 Å². The summed E-state index contributed by atoms with van der Waals surface area (Å²) in [6.07, 6.45) is 5.37. The van der Waals surface area contributed by atoms with Crippen molar-refractivity contribution in [2.75, 3.05) is 13.7 Å². The number of rotatable bonds is 7. The molecule has 2 aliphatic rings. The second-order valence-electron chi connectivity index (χ2n) is 8.30. The van der Waals surface area contributed by atoms with Crippen LogP contribution in [-0.4, -0.2) is 34.7 Å². The summed E-state index contributed by atoms with van der Waals surface area (Å²) in [5.41, 5.74) is 0.877. The molecule has 2 atom stereocenters. The summed E-state index contributed by atoms with van der Waals surface area (Å²) < 4.78 is 11.2. The van der Waals surface area contributed by atoms with Crippen molar-refractivity contribution in [2.45, 2.75) is 63.8 Å². The lowest BCUT2D eigenvalue weighted by atomic mass is 9.67. The van der Waals surface area contributed by atoms with Crippen LogP contribution in [0.4, 0.5) is 0 Å². The smallest absolute Gasteiger partial charge is 0.242 e. The number of methoxy groups -OCH3 is 1. The summed E-state index contributed by atoms with van der Waals surface area (Å²) in [7, 11) is 1.67. The van der Waals surface area contributed by atoms with Crippen molar-refractivity contribution in [3.63, 3.8) is 0 Å². The summed E-state index contributed by atoms with van der Waals surface area (Å²) in [5, 5.41) is 8.57. The van der Waals surface area contributed by atoms with Crippen LogP contribution in [0.15, 0.2) is 28.7 Å². The molecule has 1 saturated carbocycles. The largest absolute Gasteiger partial charge is 0.497 e. The number of hydrogen-bond donors (Lipinski definition) is 0. The minimum Gasteiger partial charge on any atom is -0.497 e. The molecule has 0 bridgehead atoms. The number of nitrogens with zero attached hydrogens (tertiary/aromatic N) is 3. The SMILES string of the molecule is COc1ccc(CCCC(=O)N2CC[C@@H]3CC[C@@]32c2nnc(C(C)C)o2)cc1. The van der Waals surface area contributed by atoms with Crippen molar-refractivity contribution in [1.29, 1.82) is 0 Å². The van der Waals surface area contributed by atoms with Gasteiger partial charge < -0.3 is 14.1 Å². The number of benzene rings is 1. The van der Waals surface area contributed by atoms with E-state index >= 15 is 0 Å². The lowest BCUT2D eigenvalue weighted by molar-refractivity contribution is -0.142. The zero-order valence-electron chi connectivity index (χ0n) is 17.0. The van der Waals surface area contributed by atoms with E-state index in [4.69, 9.17) is 9.15 Å². The first-order valence-electron chi connectivity index (χ1n) is 10.3. The topological polar surface area (TPSA) is 68.5 Å². The molecule has 1 amide bonds. The second-order valence-corrected chi connectivity index (χ2v) is 8.30. The van der Waals surface area contributed by atoms with E-state index in [1.54, 1.807) is 7.11 Å². The Morgan fingerprint density at radius 3 is 2.68 bits per heavy atom. The van der Waals surface area contributed by atoms with Gasteiger partial charge in [-0.2, -0.15) is 0 Å². The van der Waals surface area contributed by atoms with Crippen LogP contribution < -0.4 is 4.74 Å². The molecule has 0 spiro atoms. The molecule has 6 nitrogen and oxygen atoms in total.